The third kappa shape index (κ3) is 7.90. The molecule has 94 heavy (non-hydrogen) atoms. The van der Waals surface area contributed by atoms with E-state index in [1.165, 1.54) is 137 Å². The Labute approximate surface area is 543 Å². The molecule has 0 bridgehead atoms. The summed E-state index contributed by atoms with van der Waals surface area (Å²) in [5, 5.41) is 19.0. The Balaban J connectivity index is 0.878. The molecule has 2 nitrogen and oxygen atoms in total. The van der Waals surface area contributed by atoms with Crippen LogP contribution in [0.25, 0.3) is 186 Å². The largest absolute Gasteiger partial charge is 0.456 e. The van der Waals surface area contributed by atoms with Gasteiger partial charge in [-0.25, -0.2) is 0 Å². The van der Waals surface area contributed by atoms with Gasteiger partial charge in [-0.3, -0.25) is 0 Å². The van der Waals surface area contributed by atoms with Crippen molar-refractivity contribution in [3.05, 3.63) is 328 Å². The highest BCUT2D eigenvalue weighted by atomic mass is 16.5. The van der Waals surface area contributed by atoms with E-state index in [2.05, 4.69) is 328 Å². The van der Waals surface area contributed by atoms with Gasteiger partial charge in [0.1, 0.15) is 23.0 Å². The predicted octanol–water partition coefficient (Wildman–Crippen LogP) is 26.1. The van der Waals surface area contributed by atoms with Crippen molar-refractivity contribution in [1.29, 1.82) is 0 Å². The molecule has 18 aromatic carbocycles. The maximum atomic E-state index is 6.79. The number of hydrogen-bond donors (Lipinski definition) is 0. The molecule has 0 N–H and O–H groups in total. The van der Waals surface area contributed by atoms with Gasteiger partial charge < -0.3 is 9.47 Å². The molecule has 20 rings (SSSR count). The van der Waals surface area contributed by atoms with Crippen molar-refractivity contribution in [2.45, 2.75) is 0 Å². The maximum Gasteiger partial charge on any atom is 0.135 e. The van der Waals surface area contributed by atoms with Crippen LogP contribution in [0.4, 0.5) is 0 Å². The highest BCUT2D eigenvalue weighted by molar-refractivity contribution is 6.28. The normalized spacial score (nSPS) is 12.2. The lowest BCUT2D eigenvalue weighted by atomic mass is 9.81. The zero-order valence-corrected chi connectivity index (χ0v) is 51.0. The van der Waals surface area contributed by atoms with E-state index in [9.17, 15) is 0 Å². The molecule has 2 aliphatic heterocycles. The molecular formula is C92H54O2. The van der Waals surface area contributed by atoms with Crippen molar-refractivity contribution in [3.8, 4) is 123 Å². The zero-order valence-electron chi connectivity index (χ0n) is 51.0. The van der Waals surface area contributed by atoms with E-state index < -0.39 is 0 Å². The van der Waals surface area contributed by atoms with Gasteiger partial charge in [-0.05, 0) is 219 Å². The molecule has 0 unspecified atom stereocenters. The summed E-state index contributed by atoms with van der Waals surface area (Å²) in [4.78, 5) is 0. The first kappa shape index (κ1) is 52.4. The molecule has 0 fully saturated rings. The van der Waals surface area contributed by atoms with Gasteiger partial charge in [-0.2, -0.15) is 0 Å². The van der Waals surface area contributed by atoms with Gasteiger partial charge in [-0.15, -0.1) is 0 Å². The molecule has 2 aliphatic rings. The van der Waals surface area contributed by atoms with Crippen LogP contribution >= 0.6 is 0 Å². The van der Waals surface area contributed by atoms with E-state index in [0.717, 1.165) is 72.5 Å². The zero-order chi connectivity index (χ0) is 61.5. The van der Waals surface area contributed by atoms with E-state index in [1.807, 2.05) is 0 Å². The van der Waals surface area contributed by atoms with Crippen LogP contribution in [0.3, 0.4) is 0 Å². The van der Waals surface area contributed by atoms with Crippen LogP contribution in [0, 0.1) is 0 Å². The molecule has 0 aliphatic carbocycles. The SMILES string of the molecule is c1ccc(-c2ccc(-c3c4ccccc4c(-c4ccc5c(c4)-c4cccc6cccc(c46)O5)c4cc(-c5ccc6c(-c7cc8c9c(cccc9c7)Oc7ccccc7-8)c7ccccc7c(-c7ccc(-c8ccccc8)c8ccccc78)c6c5)ccc34)c3ccccc23)cc1. The second kappa shape index (κ2) is 20.6. The smallest absolute Gasteiger partial charge is 0.135 e. The second-order valence-electron chi connectivity index (χ2n) is 25.2. The van der Waals surface area contributed by atoms with Crippen LogP contribution in [-0.4, -0.2) is 0 Å². The Morgan fingerprint density at radius 3 is 1.13 bits per heavy atom. The van der Waals surface area contributed by atoms with Gasteiger partial charge in [0.05, 0.1) is 0 Å². The summed E-state index contributed by atoms with van der Waals surface area (Å²) in [5.74, 6) is 3.51. The lowest BCUT2D eigenvalue weighted by Crippen LogP contribution is -1.98. The minimum atomic E-state index is 0.860. The van der Waals surface area contributed by atoms with Crippen LogP contribution in [0.5, 0.6) is 23.0 Å². The monoisotopic (exact) mass is 1190 g/mol. The van der Waals surface area contributed by atoms with Crippen molar-refractivity contribution in [1.82, 2.24) is 0 Å². The average Bonchev–Trinajstić information content (AvgIpc) is 0.734. The Morgan fingerprint density at radius 1 is 0.149 bits per heavy atom. The van der Waals surface area contributed by atoms with Gasteiger partial charge in [0, 0.05) is 21.9 Å². The topological polar surface area (TPSA) is 18.5 Å². The number of fused-ring (bicyclic) bond motifs is 10. The summed E-state index contributed by atoms with van der Waals surface area (Å²) in [6, 6.07) is 121. The summed E-state index contributed by atoms with van der Waals surface area (Å²) in [5.41, 5.74) is 21.1. The number of ether oxygens (including phenoxy) is 2. The molecule has 0 amide bonds. The van der Waals surface area contributed by atoms with E-state index >= 15 is 0 Å². The summed E-state index contributed by atoms with van der Waals surface area (Å²) < 4.78 is 13.4. The Kier molecular flexibility index (Phi) is 11.5. The molecule has 0 saturated heterocycles. The Morgan fingerprint density at radius 2 is 0.532 bits per heavy atom. The summed E-state index contributed by atoms with van der Waals surface area (Å²) >= 11 is 0. The fourth-order valence-corrected chi connectivity index (χ4v) is 16.1. The molecule has 0 spiro atoms. The van der Waals surface area contributed by atoms with Gasteiger partial charge in [-0.1, -0.05) is 273 Å². The van der Waals surface area contributed by atoms with Crippen molar-refractivity contribution in [3.63, 3.8) is 0 Å². The van der Waals surface area contributed by atoms with Crippen molar-refractivity contribution in [2.75, 3.05) is 0 Å². The first-order valence-corrected chi connectivity index (χ1v) is 32.4. The molecule has 434 valence electrons. The van der Waals surface area contributed by atoms with Gasteiger partial charge in [0.25, 0.3) is 0 Å². The number of rotatable bonds is 7. The first-order valence-electron chi connectivity index (χ1n) is 32.4. The fraction of sp³-hybridized carbons (Fsp3) is 0. The third-order valence-corrected chi connectivity index (χ3v) is 20.2. The van der Waals surface area contributed by atoms with E-state index in [-0.39, 0.29) is 0 Å². The molecule has 2 heteroatoms. The lowest BCUT2D eigenvalue weighted by molar-refractivity contribution is 0.487. The van der Waals surface area contributed by atoms with Crippen LogP contribution in [0.1, 0.15) is 0 Å². The van der Waals surface area contributed by atoms with E-state index in [0.29, 0.717) is 0 Å². The predicted molar refractivity (Wildman–Crippen MR) is 396 cm³/mol. The average molecular weight is 1190 g/mol. The minimum Gasteiger partial charge on any atom is -0.456 e. The molecule has 0 radical (unpaired) electrons. The van der Waals surface area contributed by atoms with E-state index in [1.54, 1.807) is 0 Å². The Bertz CT molecular complexity index is 6270. The fourth-order valence-electron chi connectivity index (χ4n) is 16.1. The molecule has 18 aromatic rings. The highest BCUT2D eigenvalue weighted by Gasteiger charge is 2.27. The molecular weight excluding hydrogens is 1140 g/mol. The summed E-state index contributed by atoms with van der Waals surface area (Å²) in [7, 11) is 0. The van der Waals surface area contributed by atoms with Crippen LogP contribution < -0.4 is 9.47 Å². The number of benzene rings is 18. The minimum absolute atomic E-state index is 0.860. The van der Waals surface area contributed by atoms with E-state index in [4.69, 9.17) is 9.47 Å². The van der Waals surface area contributed by atoms with Crippen LogP contribution in [-0.2, 0) is 0 Å². The van der Waals surface area contributed by atoms with Crippen molar-refractivity contribution < 1.29 is 9.47 Å². The van der Waals surface area contributed by atoms with Crippen LogP contribution in [0.15, 0.2) is 328 Å². The van der Waals surface area contributed by atoms with Crippen molar-refractivity contribution >= 4 is 86.2 Å². The molecule has 0 saturated carbocycles. The van der Waals surface area contributed by atoms with Crippen molar-refractivity contribution in [2.24, 2.45) is 0 Å². The quantitative estimate of drug-likeness (QED) is 0.148. The Hall–Kier alpha value is -12.4. The highest BCUT2D eigenvalue weighted by Crippen LogP contribution is 2.55. The summed E-state index contributed by atoms with van der Waals surface area (Å²) in [6.07, 6.45) is 0. The lowest BCUT2D eigenvalue weighted by Gasteiger charge is -2.24. The first-order chi connectivity index (χ1) is 46.6. The molecule has 2 heterocycles. The van der Waals surface area contributed by atoms with Gasteiger partial charge >= 0.3 is 0 Å². The molecule has 0 aromatic heterocycles. The van der Waals surface area contributed by atoms with Crippen LogP contribution in [0.2, 0.25) is 0 Å². The third-order valence-electron chi connectivity index (χ3n) is 20.2. The van der Waals surface area contributed by atoms with Gasteiger partial charge in [0.2, 0.25) is 0 Å². The number of hydrogen-bond acceptors (Lipinski definition) is 2. The second-order valence-corrected chi connectivity index (χ2v) is 25.2. The summed E-state index contributed by atoms with van der Waals surface area (Å²) in [6.45, 7) is 0. The van der Waals surface area contributed by atoms with Gasteiger partial charge in [0.15, 0.2) is 0 Å². The number of para-hydroxylation sites is 1. The standard InChI is InChI=1S/C92H54O2/c1-3-20-55(21-4-1)63-45-47-75(67-29-9-7-27-65(63)67)91-72-34-13-11-32-70(72)87(61-42-49-84-79(53-61)74-36-17-24-57-25-18-38-85(94-84)89(57)74)81-51-58(41-44-78(81)91)59-40-43-77-82(52-59)92(76-48-46-64(56-22-5-2-6-23-56)66-28-8-10-30-68(66)76)73-35-14-12-33-71(73)88(77)62-50-60-26-19-39-86-90(60)80(54-62)69-31-15-16-37-83(69)93-86/h1-54H. The molecule has 0 atom stereocenters. The maximum absolute atomic E-state index is 6.79.